The molecule has 2 aliphatic rings. The van der Waals surface area contributed by atoms with Crippen molar-refractivity contribution in [3.8, 4) is 22.5 Å². The zero-order chi connectivity index (χ0) is 13.9. The molecular formula is C17H14O3. The molecule has 1 aliphatic carbocycles. The number of benzene rings is 1. The molecule has 0 unspecified atom stereocenters. The van der Waals surface area contributed by atoms with Gasteiger partial charge in [-0.1, -0.05) is 42.5 Å². The monoisotopic (exact) mass is 266 g/mol. The summed E-state index contributed by atoms with van der Waals surface area (Å²) in [6, 6.07) is 17.8. The zero-order valence-corrected chi connectivity index (χ0v) is 11.1. The molecule has 3 heteroatoms. The van der Waals surface area contributed by atoms with E-state index in [9.17, 15) is 4.79 Å². The van der Waals surface area contributed by atoms with E-state index in [4.69, 9.17) is 9.15 Å². The first-order valence-electron chi connectivity index (χ1n) is 6.41. The van der Waals surface area contributed by atoms with E-state index in [1.54, 1.807) is 0 Å². The van der Waals surface area contributed by atoms with Crippen LogP contribution in [-0.2, 0) is 16.0 Å². The van der Waals surface area contributed by atoms with Crippen molar-refractivity contribution in [1.29, 1.82) is 0 Å². The SMILES string of the molecule is COC(=O)Cc1oc2cccc-2cc1-c1ccccc1. The molecule has 0 spiro atoms. The second-order valence-corrected chi connectivity index (χ2v) is 4.55. The molecule has 1 aromatic carbocycles. The normalized spacial score (nSPS) is 10.7. The van der Waals surface area contributed by atoms with E-state index in [0.717, 1.165) is 22.5 Å². The minimum Gasteiger partial charge on any atom is -0.469 e. The Kier molecular flexibility index (Phi) is 3.25. The van der Waals surface area contributed by atoms with Gasteiger partial charge in [0, 0.05) is 11.1 Å². The molecular weight excluding hydrogens is 252 g/mol. The number of fused-ring (bicyclic) bond motifs is 1. The molecule has 1 heterocycles. The highest BCUT2D eigenvalue weighted by Gasteiger charge is 2.16. The summed E-state index contributed by atoms with van der Waals surface area (Å²) in [6.45, 7) is 0. The average Bonchev–Trinajstić information content (AvgIpc) is 2.94. The fourth-order valence-electron chi connectivity index (χ4n) is 2.25. The number of carbonyl (C=O) groups excluding carboxylic acids is 1. The van der Waals surface area contributed by atoms with Crippen LogP contribution in [0.4, 0.5) is 0 Å². The smallest absolute Gasteiger partial charge is 0.313 e. The Labute approximate surface area is 117 Å². The van der Waals surface area contributed by atoms with Gasteiger partial charge < -0.3 is 9.15 Å². The van der Waals surface area contributed by atoms with Gasteiger partial charge >= 0.3 is 5.97 Å². The van der Waals surface area contributed by atoms with Crippen molar-refractivity contribution in [3.63, 3.8) is 0 Å². The molecule has 0 aromatic heterocycles. The summed E-state index contributed by atoms with van der Waals surface area (Å²) in [6.07, 6.45) is 0.127. The molecule has 0 saturated carbocycles. The number of ether oxygens (including phenoxy) is 1. The van der Waals surface area contributed by atoms with E-state index >= 15 is 0 Å². The van der Waals surface area contributed by atoms with Crippen molar-refractivity contribution in [1.82, 2.24) is 0 Å². The summed E-state index contributed by atoms with van der Waals surface area (Å²) in [5.74, 6) is 1.10. The van der Waals surface area contributed by atoms with Crippen molar-refractivity contribution >= 4 is 5.97 Å². The Bertz CT molecular complexity index is 698. The standard InChI is InChI=1S/C17H14O3/c1-19-17(18)11-16-14(12-6-3-2-4-7-12)10-13-8-5-9-15(13)20-16/h2-10H,11H2,1H3. The third-order valence-electron chi connectivity index (χ3n) is 3.26. The highest BCUT2D eigenvalue weighted by Crippen LogP contribution is 2.33. The molecule has 0 radical (unpaired) electrons. The van der Waals surface area contributed by atoms with Crippen molar-refractivity contribution in [2.24, 2.45) is 0 Å². The fourth-order valence-corrected chi connectivity index (χ4v) is 2.25. The van der Waals surface area contributed by atoms with E-state index in [2.05, 4.69) is 0 Å². The van der Waals surface area contributed by atoms with Crippen LogP contribution < -0.4 is 0 Å². The lowest BCUT2D eigenvalue weighted by Crippen LogP contribution is -2.06. The van der Waals surface area contributed by atoms with Crippen LogP contribution in [0.2, 0.25) is 0 Å². The lowest BCUT2D eigenvalue weighted by molar-refractivity contribution is -0.140. The van der Waals surface area contributed by atoms with Gasteiger partial charge in [-0.3, -0.25) is 4.79 Å². The predicted octanol–water partition coefficient (Wildman–Crippen LogP) is 3.77. The van der Waals surface area contributed by atoms with Gasteiger partial charge in [0.15, 0.2) is 0 Å². The van der Waals surface area contributed by atoms with Crippen LogP contribution in [0.25, 0.3) is 22.5 Å². The zero-order valence-electron chi connectivity index (χ0n) is 11.1. The Morgan fingerprint density at radius 1 is 1.05 bits per heavy atom. The second kappa shape index (κ2) is 5.21. The van der Waals surface area contributed by atoms with Crippen molar-refractivity contribution in [3.05, 3.63) is 60.4 Å². The van der Waals surface area contributed by atoms with Crippen LogP contribution in [0.1, 0.15) is 5.76 Å². The van der Waals surface area contributed by atoms with Gasteiger partial charge in [-0.2, -0.15) is 0 Å². The van der Waals surface area contributed by atoms with Crippen molar-refractivity contribution < 1.29 is 13.9 Å². The molecule has 0 saturated heterocycles. The van der Waals surface area contributed by atoms with Crippen LogP contribution in [-0.4, -0.2) is 13.1 Å². The molecule has 0 N–H and O–H groups in total. The first kappa shape index (κ1) is 12.5. The Hall–Kier alpha value is -2.55. The van der Waals surface area contributed by atoms with E-state index in [1.165, 1.54) is 7.11 Å². The van der Waals surface area contributed by atoms with E-state index in [0.29, 0.717) is 5.76 Å². The van der Waals surface area contributed by atoms with Gasteiger partial charge in [0.05, 0.1) is 7.11 Å². The van der Waals surface area contributed by atoms with Gasteiger partial charge in [0.25, 0.3) is 0 Å². The van der Waals surface area contributed by atoms with E-state index in [-0.39, 0.29) is 12.4 Å². The molecule has 0 amide bonds. The summed E-state index contributed by atoms with van der Waals surface area (Å²) in [7, 11) is 1.38. The quantitative estimate of drug-likeness (QED) is 0.677. The van der Waals surface area contributed by atoms with Gasteiger partial charge in [-0.05, 0) is 17.7 Å². The van der Waals surface area contributed by atoms with Gasteiger partial charge in [-0.15, -0.1) is 0 Å². The fraction of sp³-hybridized carbons (Fsp3) is 0.118. The van der Waals surface area contributed by atoms with Crippen LogP contribution in [0, 0.1) is 0 Å². The topological polar surface area (TPSA) is 39.4 Å². The highest BCUT2D eigenvalue weighted by atomic mass is 16.5. The highest BCUT2D eigenvalue weighted by molar-refractivity contribution is 5.79. The maximum atomic E-state index is 11.6. The van der Waals surface area contributed by atoms with Crippen LogP contribution in [0.5, 0.6) is 0 Å². The van der Waals surface area contributed by atoms with E-state index in [1.807, 2.05) is 54.6 Å². The summed E-state index contributed by atoms with van der Waals surface area (Å²) in [4.78, 5) is 11.6. The largest absolute Gasteiger partial charge is 0.469 e. The number of hydrogen-bond donors (Lipinski definition) is 0. The molecule has 0 bridgehead atoms. The number of esters is 1. The van der Waals surface area contributed by atoms with Crippen molar-refractivity contribution in [2.45, 2.75) is 6.42 Å². The van der Waals surface area contributed by atoms with Crippen LogP contribution >= 0.6 is 0 Å². The maximum absolute atomic E-state index is 11.6. The van der Waals surface area contributed by atoms with Crippen LogP contribution in [0.3, 0.4) is 0 Å². The summed E-state index contributed by atoms with van der Waals surface area (Å²) < 4.78 is 10.6. The molecule has 1 aliphatic heterocycles. The Morgan fingerprint density at radius 3 is 2.55 bits per heavy atom. The second-order valence-electron chi connectivity index (χ2n) is 4.55. The summed E-state index contributed by atoms with van der Waals surface area (Å²) in [5, 5.41) is 0. The average molecular weight is 266 g/mol. The maximum Gasteiger partial charge on any atom is 0.313 e. The summed E-state index contributed by atoms with van der Waals surface area (Å²) in [5.41, 5.74) is 2.98. The lowest BCUT2D eigenvalue weighted by atomic mass is 10.0. The first-order valence-corrected chi connectivity index (χ1v) is 6.41. The van der Waals surface area contributed by atoms with Gasteiger partial charge in [-0.25, -0.2) is 0 Å². The Morgan fingerprint density at radius 2 is 1.80 bits per heavy atom. The third kappa shape index (κ3) is 2.30. The first-order chi connectivity index (χ1) is 9.78. The molecule has 20 heavy (non-hydrogen) atoms. The number of rotatable bonds is 3. The van der Waals surface area contributed by atoms with E-state index < -0.39 is 0 Å². The molecule has 3 rings (SSSR count). The van der Waals surface area contributed by atoms with Crippen LogP contribution in [0.15, 0.2) is 59.0 Å². The lowest BCUT2D eigenvalue weighted by Gasteiger charge is -2.11. The van der Waals surface area contributed by atoms with Gasteiger partial charge in [0.1, 0.15) is 17.9 Å². The molecule has 100 valence electrons. The summed E-state index contributed by atoms with van der Waals surface area (Å²) >= 11 is 0. The predicted molar refractivity (Wildman–Crippen MR) is 76.5 cm³/mol. The minimum atomic E-state index is -0.308. The van der Waals surface area contributed by atoms with Gasteiger partial charge in [0.2, 0.25) is 0 Å². The van der Waals surface area contributed by atoms with Crippen molar-refractivity contribution in [2.75, 3.05) is 7.11 Å². The minimum absolute atomic E-state index is 0.127. The molecule has 0 atom stereocenters. The third-order valence-corrected chi connectivity index (χ3v) is 3.26. The molecule has 1 aromatic rings. The Balaban J connectivity index is 2.15. The molecule has 0 fully saturated rings. The molecule has 3 nitrogen and oxygen atoms in total. The number of carbonyl (C=O) groups is 1. The number of hydrogen-bond acceptors (Lipinski definition) is 3. The number of methoxy groups -OCH3 is 1.